The van der Waals surface area contributed by atoms with E-state index in [9.17, 15) is 4.79 Å². The number of fused-ring (bicyclic) bond motifs is 1. The van der Waals surface area contributed by atoms with Gasteiger partial charge in [0.15, 0.2) is 0 Å². The van der Waals surface area contributed by atoms with Crippen LogP contribution in [0.2, 0.25) is 0 Å². The van der Waals surface area contributed by atoms with E-state index in [0.717, 1.165) is 35.6 Å². The van der Waals surface area contributed by atoms with Gasteiger partial charge in [0, 0.05) is 24.5 Å². The van der Waals surface area contributed by atoms with Crippen molar-refractivity contribution in [2.75, 3.05) is 12.3 Å². The minimum Gasteiger partial charge on any atom is -0.398 e. The van der Waals surface area contributed by atoms with Crippen LogP contribution >= 0.6 is 0 Å². The largest absolute Gasteiger partial charge is 0.398 e. The minimum absolute atomic E-state index is 0.0302. The standard InChI is InChI=1S/C15H18N4O/c1-9-14(10(2)18-17-9)15(20)19-7-6-11-4-3-5-13(16)12(11)8-19/h3-5H,6-8,16H2,1-2H3,(H,17,18). The molecule has 0 unspecified atom stereocenters. The lowest BCUT2D eigenvalue weighted by Crippen LogP contribution is -2.36. The Morgan fingerprint density at radius 1 is 1.40 bits per heavy atom. The molecule has 3 rings (SSSR count). The average molecular weight is 270 g/mol. The zero-order valence-electron chi connectivity index (χ0n) is 11.7. The lowest BCUT2D eigenvalue weighted by Gasteiger charge is -2.29. The number of carbonyl (C=O) groups is 1. The summed E-state index contributed by atoms with van der Waals surface area (Å²) in [5.74, 6) is 0.0302. The number of hydrogen-bond donors (Lipinski definition) is 2. The lowest BCUT2D eigenvalue weighted by molar-refractivity contribution is 0.0734. The van der Waals surface area contributed by atoms with Crippen molar-refractivity contribution in [3.63, 3.8) is 0 Å². The highest BCUT2D eigenvalue weighted by atomic mass is 16.2. The molecule has 20 heavy (non-hydrogen) atoms. The number of anilines is 1. The number of aryl methyl sites for hydroxylation is 2. The molecule has 0 saturated heterocycles. The molecule has 2 heterocycles. The van der Waals surface area contributed by atoms with Crippen molar-refractivity contribution in [1.29, 1.82) is 0 Å². The van der Waals surface area contributed by atoms with Crippen LogP contribution in [0.5, 0.6) is 0 Å². The Kier molecular flexibility index (Phi) is 2.97. The molecule has 1 aliphatic heterocycles. The van der Waals surface area contributed by atoms with Gasteiger partial charge in [-0.1, -0.05) is 12.1 Å². The van der Waals surface area contributed by atoms with Gasteiger partial charge in [-0.2, -0.15) is 5.10 Å². The van der Waals surface area contributed by atoms with Crippen molar-refractivity contribution >= 4 is 11.6 Å². The zero-order valence-corrected chi connectivity index (χ0v) is 11.7. The number of amides is 1. The number of carbonyl (C=O) groups excluding carboxylic acids is 1. The molecule has 5 heteroatoms. The Morgan fingerprint density at radius 2 is 2.20 bits per heavy atom. The first-order valence-corrected chi connectivity index (χ1v) is 6.75. The summed E-state index contributed by atoms with van der Waals surface area (Å²) in [5, 5.41) is 6.96. The molecule has 0 aliphatic carbocycles. The average Bonchev–Trinajstić information content (AvgIpc) is 2.78. The fourth-order valence-electron chi connectivity index (χ4n) is 2.80. The number of nitrogen functional groups attached to an aromatic ring is 1. The Balaban J connectivity index is 1.91. The van der Waals surface area contributed by atoms with E-state index in [1.807, 2.05) is 30.9 Å². The maximum absolute atomic E-state index is 12.6. The molecule has 0 atom stereocenters. The zero-order chi connectivity index (χ0) is 14.3. The van der Waals surface area contributed by atoms with E-state index in [1.165, 1.54) is 5.56 Å². The number of aromatic amines is 1. The van der Waals surface area contributed by atoms with E-state index in [2.05, 4.69) is 16.3 Å². The van der Waals surface area contributed by atoms with E-state index in [1.54, 1.807) is 0 Å². The summed E-state index contributed by atoms with van der Waals surface area (Å²) in [6.07, 6.45) is 0.849. The molecule has 0 bridgehead atoms. The van der Waals surface area contributed by atoms with Crippen molar-refractivity contribution in [1.82, 2.24) is 15.1 Å². The molecule has 1 amide bonds. The maximum Gasteiger partial charge on any atom is 0.257 e. The molecule has 0 fully saturated rings. The van der Waals surface area contributed by atoms with Crippen LogP contribution in [0.15, 0.2) is 18.2 Å². The van der Waals surface area contributed by atoms with Gasteiger partial charge in [-0.3, -0.25) is 9.89 Å². The van der Waals surface area contributed by atoms with Gasteiger partial charge in [-0.15, -0.1) is 0 Å². The van der Waals surface area contributed by atoms with Crippen LogP contribution in [0.3, 0.4) is 0 Å². The Labute approximate surface area is 117 Å². The fraction of sp³-hybridized carbons (Fsp3) is 0.333. The Morgan fingerprint density at radius 3 is 2.90 bits per heavy atom. The van der Waals surface area contributed by atoms with Gasteiger partial charge >= 0.3 is 0 Å². The van der Waals surface area contributed by atoms with E-state index in [0.29, 0.717) is 12.1 Å². The topological polar surface area (TPSA) is 75.0 Å². The van der Waals surface area contributed by atoms with Gasteiger partial charge in [-0.25, -0.2) is 0 Å². The van der Waals surface area contributed by atoms with Crippen molar-refractivity contribution in [2.45, 2.75) is 26.8 Å². The van der Waals surface area contributed by atoms with Crippen LogP contribution in [0.1, 0.15) is 32.9 Å². The first-order valence-electron chi connectivity index (χ1n) is 6.75. The van der Waals surface area contributed by atoms with Crippen LogP contribution in [0.25, 0.3) is 0 Å². The van der Waals surface area contributed by atoms with Crippen LogP contribution in [0, 0.1) is 13.8 Å². The molecule has 1 aliphatic rings. The summed E-state index contributed by atoms with van der Waals surface area (Å²) < 4.78 is 0. The smallest absolute Gasteiger partial charge is 0.257 e. The summed E-state index contributed by atoms with van der Waals surface area (Å²) in [4.78, 5) is 14.5. The number of nitrogens with two attached hydrogens (primary N) is 1. The first kappa shape index (κ1) is 12.7. The summed E-state index contributed by atoms with van der Waals surface area (Å²) in [5.41, 5.74) is 11.4. The van der Waals surface area contributed by atoms with Gasteiger partial charge in [-0.05, 0) is 37.5 Å². The SMILES string of the molecule is Cc1n[nH]c(C)c1C(=O)N1CCc2cccc(N)c2C1. The van der Waals surface area contributed by atoms with Crippen molar-refractivity contribution in [3.05, 3.63) is 46.3 Å². The predicted octanol–water partition coefficient (Wildman–Crippen LogP) is 1.81. The highest BCUT2D eigenvalue weighted by Gasteiger charge is 2.26. The number of aromatic nitrogens is 2. The second-order valence-corrected chi connectivity index (χ2v) is 5.27. The van der Waals surface area contributed by atoms with Crippen LogP contribution in [0.4, 0.5) is 5.69 Å². The van der Waals surface area contributed by atoms with E-state index < -0.39 is 0 Å². The van der Waals surface area contributed by atoms with Crippen molar-refractivity contribution in [3.8, 4) is 0 Å². The number of benzene rings is 1. The number of nitrogens with one attached hydrogen (secondary N) is 1. The quantitative estimate of drug-likeness (QED) is 0.776. The number of H-pyrrole nitrogens is 1. The minimum atomic E-state index is 0.0302. The lowest BCUT2D eigenvalue weighted by atomic mass is 9.97. The van der Waals surface area contributed by atoms with Gasteiger partial charge in [0.2, 0.25) is 0 Å². The third-order valence-electron chi connectivity index (χ3n) is 3.94. The molecule has 1 aromatic carbocycles. The second kappa shape index (κ2) is 4.67. The molecule has 3 N–H and O–H groups in total. The third-order valence-corrected chi connectivity index (χ3v) is 3.94. The first-order chi connectivity index (χ1) is 9.58. The molecule has 104 valence electrons. The highest BCUT2D eigenvalue weighted by Crippen LogP contribution is 2.26. The molecule has 5 nitrogen and oxygen atoms in total. The van der Waals surface area contributed by atoms with Crippen LogP contribution in [-0.2, 0) is 13.0 Å². The molecule has 0 saturated carbocycles. The third kappa shape index (κ3) is 1.95. The monoisotopic (exact) mass is 270 g/mol. The van der Waals surface area contributed by atoms with Crippen LogP contribution in [-0.4, -0.2) is 27.5 Å². The summed E-state index contributed by atoms with van der Waals surface area (Å²) in [6, 6.07) is 5.94. The molecule has 2 aromatic rings. The van der Waals surface area contributed by atoms with E-state index >= 15 is 0 Å². The van der Waals surface area contributed by atoms with E-state index in [-0.39, 0.29) is 5.91 Å². The molecule has 0 radical (unpaired) electrons. The summed E-state index contributed by atoms with van der Waals surface area (Å²) >= 11 is 0. The summed E-state index contributed by atoms with van der Waals surface area (Å²) in [7, 11) is 0. The molecule has 0 spiro atoms. The second-order valence-electron chi connectivity index (χ2n) is 5.27. The van der Waals surface area contributed by atoms with Crippen LogP contribution < -0.4 is 5.73 Å². The van der Waals surface area contributed by atoms with Gasteiger partial charge in [0.05, 0.1) is 11.3 Å². The molecular formula is C15H18N4O. The fourth-order valence-corrected chi connectivity index (χ4v) is 2.80. The number of hydrogen-bond acceptors (Lipinski definition) is 3. The van der Waals surface area contributed by atoms with E-state index in [4.69, 9.17) is 5.73 Å². The Hall–Kier alpha value is -2.30. The predicted molar refractivity (Wildman–Crippen MR) is 77.4 cm³/mol. The summed E-state index contributed by atoms with van der Waals surface area (Å²) in [6.45, 7) is 5.02. The number of rotatable bonds is 1. The van der Waals surface area contributed by atoms with Crippen molar-refractivity contribution in [2.24, 2.45) is 0 Å². The molecular weight excluding hydrogens is 252 g/mol. The normalized spacial score (nSPS) is 14.2. The molecule has 1 aromatic heterocycles. The number of nitrogens with zero attached hydrogens (tertiary/aromatic N) is 2. The van der Waals surface area contributed by atoms with Crippen molar-refractivity contribution < 1.29 is 4.79 Å². The van der Waals surface area contributed by atoms with Gasteiger partial charge in [0.25, 0.3) is 5.91 Å². The van der Waals surface area contributed by atoms with Gasteiger partial charge < -0.3 is 10.6 Å². The highest BCUT2D eigenvalue weighted by molar-refractivity contribution is 5.96. The Bertz CT molecular complexity index is 655. The maximum atomic E-state index is 12.6. The van der Waals surface area contributed by atoms with Gasteiger partial charge in [0.1, 0.15) is 0 Å².